The third kappa shape index (κ3) is 3.23. The monoisotopic (exact) mass is 276 g/mol. The maximum Gasteiger partial charge on any atom is 0.225 e. The van der Waals surface area contributed by atoms with Gasteiger partial charge in [-0.1, -0.05) is 30.4 Å². The second kappa shape index (κ2) is 5.71. The smallest absolute Gasteiger partial charge is 0.225 e. The van der Waals surface area contributed by atoms with Crippen molar-refractivity contribution in [3.8, 4) is 0 Å². The Morgan fingerprint density at radius 3 is 2.79 bits per heavy atom. The second-order valence-electron chi connectivity index (χ2n) is 4.05. The van der Waals surface area contributed by atoms with E-state index in [0.717, 1.165) is 0 Å². The molecule has 0 aliphatic carbocycles. The molecule has 0 aliphatic rings. The van der Waals surface area contributed by atoms with Gasteiger partial charge in [0.05, 0.1) is 0 Å². The first-order chi connectivity index (χ1) is 9.08. The Balaban J connectivity index is 2.20. The summed E-state index contributed by atoms with van der Waals surface area (Å²) in [6, 6.07) is 8.24. The summed E-state index contributed by atoms with van der Waals surface area (Å²) in [6.45, 7) is 0.369. The summed E-state index contributed by atoms with van der Waals surface area (Å²) in [5.74, 6) is 0.202. The minimum absolute atomic E-state index is 0.211. The van der Waals surface area contributed by atoms with Crippen molar-refractivity contribution in [2.45, 2.75) is 6.54 Å². The number of thiocarbonyl (C=S) groups is 1. The average Bonchev–Trinajstić information content (AvgIpc) is 2.41. The van der Waals surface area contributed by atoms with Gasteiger partial charge < -0.3 is 10.6 Å². The topological polar surface area (TPSA) is 55.0 Å². The minimum Gasteiger partial charge on any atom is -0.388 e. The molecule has 0 bridgehead atoms. The molecule has 4 nitrogen and oxygen atoms in total. The molecule has 0 saturated heterocycles. The summed E-state index contributed by atoms with van der Waals surface area (Å²) >= 11 is 4.87. The lowest BCUT2D eigenvalue weighted by Crippen LogP contribution is -2.21. The van der Waals surface area contributed by atoms with Crippen molar-refractivity contribution in [3.63, 3.8) is 0 Å². The van der Waals surface area contributed by atoms with Crippen LogP contribution in [-0.4, -0.2) is 22.0 Å². The van der Waals surface area contributed by atoms with Gasteiger partial charge in [-0.25, -0.2) is 14.4 Å². The van der Waals surface area contributed by atoms with E-state index in [1.165, 1.54) is 6.07 Å². The van der Waals surface area contributed by atoms with Crippen molar-refractivity contribution in [3.05, 3.63) is 53.6 Å². The fourth-order valence-corrected chi connectivity index (χ4v) is 1.74. The Morgan fingerprint density at radius 1 is 1.37 bits per heavy atom. The van der Waals surface area contributed by atoms with Gasteiger partial charge in [-0.2, -0.15) is 0 Å². The summed E-state index contributed by atoms with van der Waals surface area (Å²) in [4.78, 5) is 10.3. The quantitative estimate of drug-likeness (QED) is 0.864. The lowest BCUT2D eigenvalue weighted by molar-refractivity contribution is 0.607. The highest BCUT2D eigenvalue weighted by atomic mass is 32.1. The second-order valence-corrected chi connectivity index (χ2v) is 4.49. The molecule has 0 spiro atoms. The molecule has 19 heavy (non-hydrogen) atoms. The molecule has 1 aromatic carbocycles. The lowest BCUT2D eigenvalue weighted by Gasteiger charge is -2.17. The van der Waals surface area contributed by atoms with E-state index in [4.69, 9.17) is 18.0 Å². The molecule has 0 saturated carbocycles. The van der Waals surface area contributed by atoms with Gasteiger partial charge in [0.25, 0.3) is 0 Å². The molecular weight excluding hydrogens is 263 g/mol. The largest absolute Gasteiger partial charge is 0.388 e. The van der Waals surface area contributed by atoms with Crippen molar-refractivity contribution < 1.29 is 4.39 Å². The van der Waals surface area contributed by atoms with Crippen LogP contribution in [0.4, 0.5) is 10.3 Å². The van der Waals surface area contributed by atoms with E-state index in [2.05, 4.69) is 9.97 Å². The van der Waals surface area contributed by atoms with Crippen LogP contribution >= 0.6 is 12.2 Å². The molecule has 0 fully saturated rings. The van der Waals surface area contributed by atoms with Crippen molar-refractivity contribution in [1.29, 1.82) is 0 Å². The third-order valence-corrected chi connectivity index (χ3v) is 2.81. The molecule has 0 atom stereocenters. The molecule has 2 rings (SSSR count). The molecule has 0 amide bonds. The molecule has 1 aromatic heterocycles. The molecule has 0 radical (unpaired) electrons. The standard InChI is InChI=1S/C13H13FN4S/c1-18(8-9-4-2-3-5-10(9)14)13-16-7-6-11(17-13)12(15)19/h2-7H,8H2,1H3,(H2,15,19). The Labute approximate surface area is 116 Å². The van der Waals surface area contributed by atoms with E-state index in [0.29, 0.717) is 23.8 Å². The summed E-state index contributed by atoms with van der Waals surface area (Å²) in [6.07, 6.45) is 1.58. The van der Waals surface area contributed by atoms with Gasteiger partial charge in [0.15, 0.2) is 0 Å². The number of rotatable bonds is 4. The Morgan fingerprint density at radius 2 is 2.11 bits per heavy atom. The normalized spacial score (nSPS) is 10.2. The Hall–Kier alpha value is -2.08. The number of nitrogens with two attached hydrogens (primary N) is 1. The summed E-state index contributed by atoms with van der Waals surface area (Å²) in [7, 11) is 1.78. The van der Waals surface area contributed by atoms with Crippen LogP contribution in [0.25, 0.3) is 0 Å². The van der Waals surface area contributed by atoms with Gasteiger partial charge in [0.1, 0.15) is 16.5 Å². The van der Waals surface area contributed by atoms with Gasteiger partial charge in [0.2, 0.25) is 5.95 Å². The van der Waals surface area contributed by atoms with E-state index >= 15 is 0 Å². The average molecular weight is 276 g/mol. The highest BCUT2D eigenvalue weighted by Crippen LogP contribution is 2.13. The number of nitrogens with zero attached hydrogens (tertiary/aromatic N) is 3. The van der Waals surface area contributed by atoms with Crippen molar-refractivity contribution in [2.24, 2.45) is 5.73 Å². The van der Waals surface area contributed by atoms with Crippen molar-refractivity contribution >= 4 is 23.2 Å². The van der Waals surface area contributed by atoms with E-state index in [1.807, 2.05) is 0 Å². The van der Waals surface area contributed by atoms with Crippen LogP contribution in [0.5, 0.6) is 0 Å². The fraction of sp³-hybridized carbons (Fsp3) is 0.154. The predicted molar refractivity (Wildman–Crippen MR) is 76.4 cm³/mol. The van der Waals surface area contributed by atoms with Gasteiger partial charge in [-0.3, -0.25) is 0 Å². The number of anilines is 1. The zero-order valence-corrected chi connectivity index (χ0v) is 11.2. The predicted octanol–water partition coefficient (Wildman–Crippen LogP) is 1.89. The van der Waals surface area contributed by atoms with E-state index < -0.39 is 0 Å². The Bertz CT molecular complexity index is 603. The van der Waals surface area contributed by atoms with E-state index in [1.54, 1.807) is 42.4 Å². The number of halogens is 1. The molecule has 0 unspecified atom stereocenters. The lowest BCUT2D eigenvalue weighted by atomic mass is 10.2. The third-order valence-electron chi connectivity index (χ3n) is 2.60. The molecular formula is C13H13FN4S. The van der Waals surface area contributed by atoms with Gasteiger partial charge in [0, 0.05) is 25.4 Å². The zero-order valence-electron chi connectivity index (χ0n) is 10.4. The maximum atomic E-state index is 13.6. The molecule has 0 aliphatic heterocycles. The van der Waals surface area contributed by atoms with Gasteiger partial charge in [-0.05, 0) is 12.1 Å². The molecule has 6 heteroatoms. The van der Waals surface area contributed by atoms with Crippen molar-refractivity contribution in [2.75, 3.05) is 11.9 Å². The SMILES string of the molecule is CN(Cc1ccccc1F)c1nccc(C(N)=S)n1. The van der Waals surface area contributed by atoms with Crippen LogP contribution in [0.2, 0.25) is 0 Å². The van der Waals surface area contributed by atoms with Crippen LogP contribution < -0.4 is 10.6 Å². The summed E-state index contributed by atoms with van der Waals surface area (Å²) in [5.41, 5.74) is 6.60. The first-order valence-corrected chi connectivity index (χ1v) is 6.06. The highest BCUT2D eigenvalue weighted by Gasteiger charge is 2.09. The first-order valence-electron chi connectivity index (χ1n) is 5.65. The van der Waals surface area contributed by atoms with Crippen LogP contribution in [0.15, 0.2) is 36.5 Å². The first kappa shape index (κ1) is 13.4. The molecule has 2 N–H and O–H groups in total. The Kier molecular flexibility index (Phi) is 4.01. The summed E-state index contributed by atoms with van der Waals surface area (Å²) < 4.78 is 13.6. The molecule has 98 valence electrons. The highest BCUT2D eigenvalue weighted by molar-refractivity contribution is 7.80. The number of hydrogen-bond acceptors (Lipinski definition) is 4. The van der Waals surface area contributed by atoms with Crippen molar-refractivity contribution in [1.82, 2.24) is 9.97 Å². The van der Waals surface area contributed by atoms with Gasteiger partial charge >= 0.3 is 0 Å². The van der Waals surface area contributed by atoms with E-state index in [-0.39, 0.29) is 10.8 Å². The molecule has 2 aromatic rings. The number of aromatic nitrogens is 2. The summed E-state index contributed by atoms with van der Waals surface area (Å²) in [5, 5.41) is 0. The van der Waals surface area contributed by atoms with Crippen LogP contribution in [-0.2, 0) is 6.54 Å². The number of benzene rings is 1. The fourth-order valence-electron chi connectivity index (χ4n) is 1.62. The minimum atomic E-state index is -0.250. The zero-order chi connectivity index (χ0) is 13.8. The van der Waals surface area contributed by atoms with Crippen LogP contribution in [0.3, 0.4) is 0 Å². The van der Waals surface area contributed by atoms with Crippen LogP contribution in [0, 0.1) is 5.82 Å². The van der Waals surface area contributed by atoms with E-state index in [9.17, 15) is 4.39 Å². The maximum absolute atomic E-state index is 13.6. The van der Waals surface area contributed by atoms with Crippen LogP contribution in [0.1, 0.15) is 11.3 Å². The van der Waals surface area contributed by atoms with Gasteiger partial charge in [-0.15, -0.1) is 0 Å². The number of hydrogen-bond donors (Lipinski definition) is 1. The molecule has 1 heterocycles.